The van der Waals surface area contributed by atoms with Gasteiger partial charge in [0.1, 0.15) is 12.0 Å². The van der Waals surface area contributed by atoms with Gasteiger partial charge in [-0.1, -0.05) is 12.1 Å². The van der Waals surface area contributed by atoms with Gasteiger partial charge in [0.2, 0.25) is 16.9 Å². The molecule has 6 nitrogen and oxygen atoms in total. The zero-order valence-electron chi connectivity index (χ0n) is 12.5. The van der Waals surface area contributed by atoms with Gasteiger partial charge in [-0.2, -0.15) is 0 Å². The second kappa shape index (κ2) is 5.57. The monoisotopic (exact) mass is 314 g/mol. The highest BCUT2D eigenvalue weighted by Crippen LogP contribution is 2.42. The van der Waals surface area contributed by atoms with E-state index in [2.05, 4.69) is 0 Å². The maximum atomic E-state index is 12.7. The lowest BCUT2D eigenvalue weighted by atomic mass is 10.0. The van der Waals surface area contributed by atoms with Crippen LogP contribution in [0.4, 0.5) is 0 Å². The summed E-state index contributed by atoms with van der Waals surface area (Å²) in [4.78, 5) is 12.7. The van der Waals surface area contributed by atoms with Crippen molar-refractivity contribution in [2.45, 2.75) is 0 Å². The number of aromatic hydroxyl groups is 2. The summed E-state index contributed by atoms with van der Waals surface area (Å²) in [5, 5.41) is 19.5. The van der Waals surface area contributed by atoms with Crippen LogP contribution in [0.3, 0.4) is 0 Å². The van der Waals surface area contributed by atoms with E-state index in [1.807, 2.05) is 0 Å². The Morgan fingerprint density at radius 2 is 1.65 bits per heavy atom. The van der Waals surface area contributed by atoms with Crippen LogP contribution in [0, 0.1) is 0 Å². The molecule has 23 heavy (non-hydrogen) atoms. The first kappa shape index (κ1) is 14.8. The van der Waals surface area contributed by atoms with Gasteiger partial charge in [0.05, 0.1) is 25.2 Å². The molecule has 2 N–H and O–H groups in total. The lowest BCUT2D eigenvalue weighted by Gasteiger charge is -2.12. The predicted octanol–water partition coefficient (Wildman–Crippen LogP) is 2.89. The quantitative estimate of drug-likeness (QED) is 0.772. The molecule has 0 saturated carbocycles. The van der Waals surface area contributed by atoms with Crippen molar-refractivity contribution in [1.82, 2.24) is 0 Å². The van der Waals surface area contributed by atoms with Gasteiger partial charge < -0.3 is 24.1 Å². The van der Waals surface area contributed by atoms with Gasteiger partial charge in [0.15, 0.2) is 11.3 Å². The van der Waals surface area contributed by atoms with E-state index in [0.717, 1.165) is 0 Å². The first-order valence-electron chi connectivity index (χ1n) is 6.75. The van der Waals surface area contributed by atoms with Crippen LogP contribution in [0.5, 0.6) is 23.0 Å². The third kappa shape index (κ3) is 2.34. The number of rotatable bonds is 3. The van der Waals surface area contributed by atoms with Crippen molar-refractivity contribution in [1.29, 1.82) is 0 Å². The van der Waals surface area contributed by atoms with E-state index < -0.39 is 0 Å². The van der Waals surface area contributed by atoms with Crippen molar-refractivity contribution in [2.24, 2.45) is 0 Å². The first-order chi connectivity index (χ1) is 11.1. The van der Waals surface area contributed by atoms with Crippen LogP contribution in [0.1, 0.15) is 0 Å². The molecule has 0 saturated heterocycles. The zero-order valence-corrected chi connectivity index (χ0v) is 12.5. The molecule has 0 aliphatic carbocycles. The van der Waals surface area contributed by atoms with Gasteiger partial charge in [-0.15, -0.1) is 0 Å². The summed E-state index contributed by atoms with van der Waals surface area (Å²) in [6.45, 7) is 0. The summed E-state index contributed by atoms with van der Waals surface area (Å²) < 4.78 is 15.8. The molecule has 0 fully saturated rings. The highest BCUT2D eigenvalue weighted by molar-refractivity contribution is 5.90. The Hall–Kier alpha value is -3.15. The normalized spacial score (nSPS) is 10.7. The Kier molecular flexibility index (Phi) is 3.57. The van der Waals surface area contributed by atoms with Crippen molar-refractivity contribution in [3.63, 3.8) is 0 Å². The minimum absolute atomic E-state index is 0.0977. The standard InChI is InChI=1S/C17H14O6/c1-21-16-13(19)7-11-14(20)12(8-23-15(11)17(16)22-2)9-3-5-10(18)6-4-9/h3-8,18-19H,1-2H3. The van der Waals surface area contributed by atoms with E-state index in [1.165, 1.54) is 38.7 Å². The summed E-state index contributed by atoms with van der Waals surface area (Å²) in [6, 6.07) is 7.45. The third-order valence-electron chi connectivity index (χ3n) is 3.54. The molecule has 0 radical (unpaired) electrons. The molecule has 118 valence electrons. The second-order valence-corrected chi connectivity index (χ2v) is 4.86. The van der Waals surface area contributed by atoms with Gasteiger partial charge in [-0.3, -0.25) is 4.79 Å². The maximum absolute atomic E-state index is 12.7. The smallest absolute Gasteiger partial charge is 0.208 e. The Balaban J connectivity index is 2.32. The summed E-state index contributed by atoms with van der Waals surface area (Å²) in [5.74, 6) is 0.132. The van der Waals surface area contributed by atoms with Gasteiger partial charge in [-0.25, -0.2) is 0 Å². The van der Waals surface area contributed by atoms with Crippen LogP contribution >= 0.6 is 0 Å². The van der Waals surface area contributed by atoms with E-state index in [0.29, 0.717) is 11.1 Å². The number of phenolic OH excluding ortho intramolecular Hbond substituents is 2. The molecule has 0 bridgehead atoms. The SMILES string of the molecule is COc1c(O)cc2c(=O)c(-c3ccc(O)cc3)coc2c1OC. The first-order valence-corrected chi connectivity index (χ1v) is 6.75. The van der Waals surface area contributed by atoms with Crippen molar-refractivity contribution < 1.29 is 24.1 Å². The molecule has 0 amide bonds. The van der Waals surface area contributed by atoms with Gasteiger partial charge in [-0.05, 0) is 23.8 Å². The molecule has 0 aliphatic heterocycles. The molecular weight excluding hydrogens is 300 g/mol. The Morgan fingerprint density at radius 3 is 2.26 bits per heavy atom. The van der Waals surface area contributed by atoms with Crippen molar-refractivity contribution in [3.05, 3.63) is 46.8 Å². The number of methoxy groups -OCH3 is 2. The fraction of sp³-hybridized carbons (Fsp3) is 0.118. The fourth-order valence-corrected chi connectivity index (χ4v) is 2.43. The number of phenols is 2. The minimum atomic E-state index is -0.326. The lowest BCUT2D eigenvalue weighted by molar-refractivity contribution is 0.332. The summed E-state index contributed by atoms with van der Waals surface area (Å²) in [5.41, 5.74) is 0.764. The Bertz CT molecular complexity index is 924. The molecule has 0 atom stereocenters. The van der Waals surface area contributed by atoms with Gasteiger partial charge >= 0.3 is 0 Å². The molecule has 1 aromatic heterocycles. The van der Waals surface area contributed by atoms with Crippen LogP contribution < -0.4 is 14.9 Å². The summed E-state index contributed by atoms with van der Waals surface area (Å²) >= 11 is 0. The van der Waals surface area contributed by atoms with Crippen LogP contribution in [0.25, 0.3) is 22.1 Å². The van der Waals surface area contributed by atoms with E-state index in [-0.39, 0.29) is 39.4 Å². The number of hydrogen-bond acceptors (Lipinski definition) is 6. The minimum Gasteiger partial charge on any atom is -0.508 e. The third-order valence-corrected chi connectivity index (χ3v) is 3.54. The van der Waals surface area contributed by atoms with E-state index in [1.54, 1.807) is 12.1 Å². The predicted molar refractivity (Wildman–Crippen MR) is 84.4 cm³/mol. The number of fused-ring (bicyclic) bond motifs is 1. The molecule has 0 aliphatic rings. The molecule has 3 rings (SSSR count). The highest BCUT2D eigenvalue weighted by atomic mass is 16.5. The summed E-state index contributed by atoms with van der Waals surface area (Å²) in [7, 11) is 2.77. The van der Waals surface area contributed by atoms with Gasteiger partial charge in [0, 0.05) is 0 Å². The fourth-order valence-electron chi connectivity index (χ4n) is 2.43. The highest BCUT2D eigenvalue weighted by Gasteiger charge is 2.20. The lowest BCUT2D eigenvalue weighted by Crippen LogP contribution is -2.06. The molecule has 0 spiro atoms. The second-order valence-electron chi connectivity index (χ2n) is 4.86. The summed E-state index contributed by atoms with van der Waals surface area (Å²) in [6.07, 6.45) is 1.32. The van der Waals surface area contributed by atoms with E-state index in [4.69, 9.17) is 13.9 Å². The van der Waals surface area contributed by atoms with Crippen LogP contribution in [-0.4, -0.2) is 24.4 Å². The molecule has 2 aromatic carbocycles. The maximum Gasteiger partial charge on any atom is 0.208 e. The van der Waals surface area contributed by atoms with E-state index >= 15 is 0 Å². The van der Waals surface area contributed by atoms with Crippen molar-refractivity contribution in [3.8, 4) is 34.1 Å². The zero-order chi connectivity index (χ0) is 16.6. The van der Waals surface area contributed by atoms with Crippen LogP contribution in [-0.2, 0) is 0 Å². The topological polar surface area (TPSA) is 89.1 Å². The molecular formula is C17H14O6. The largest absolute Gasteiger partial charge is 0.508 e. The average molecular weight is 314 g/mol. The van der Waals surface area contributed by atoms with Crippen LogP contribution in [0.2, 0.25) is 0 Å². The molecule has 3 aromatic rings. The number of ether oxygens (including phenoxy) is 2. The number of benzene rings is 2. The Labute approximate surface area is 131 Å². The van der Waals surface area contributed by atoms with E-state index in [9.17, 15) is 15.0 Å². The average Bonchev–Trinajstić information content (AvgIpc) is 2.55. The molecule has 6 heteroatoms. The number of hydrogen-bond donors (Lipinski definition) is 2. The molecule has 1 heterocycles. The van der Waals surface area contributed by atoms with Gasteiger partial charge in [0.25, 0.3) is 0 Å². The van der Waals surface area contributed by atoms with Crippen molar-refractivity contribution in [2.75, 3.05) is 14.2 Å². The van der Waals surface area contributed by atoms with Crippen LogP contribution in [0.15, 0.2) is 45.8 Å². The van der Waals surface area contributed by atoms with Crippen molar-refractivity contribution >= 4 is 11.0 Å². The Morgan fingerprint density at radius 1 is 1.00 bits per heavy atom. The molecule has 0 unspecified atom stereocenters.